The molecule has 51 heavy (non-hydrogen) atoms. The largest absolute Gasteiger partial charge is 0.457 e. The molecule has 0 heterocycles. The number of hydrogen-bond donors (Lipinski definition) is 0. The summed E-state index contributed by atoms with van der Waals surface area (Å²) in [5.41, 5.74) is 0. The summed E-state index contributed by atoms with van der Waals surface area (Å²) in [7, 11) is 4.13. The Bertz CT molecular complexity index is 691. The number of rotatable bonds is 42. The molecule has 0 aromatic rings. The summed E-state index contributed by atoms with van der Waals surface area (Å²) < 4.78 is 17.8. The first-order valence-corrected chi connectivity index (χ1v) is 22.4. The van der Waals surface area contributed by atoms with Gasteiger partial charge in [-0.15, -0.1) is 0 Å². The van der Waals surface area contributed by atoms with E-state index in [1.54, 1.807) is 0 Å². The summed E-state index contributed by atoms with van der Waals surface area (Å²) in [4.78, 5) is 14.7. The molecular weight excluding hydrogens is 631 g/mol. The third kappa shape index (κ3) is 43.1. The molecule has 302 valence electrons. The van der Waals surface area contributed by atoms with Gasteiger partial charge in [-0.2, -0.15) is 0 Å². The van der Waals surface area contributed by atoms with Gasteiger partial charge in [-0.25, -0.2) is 0 Å². The minimum atomic E-state index is -0.311. The lowest BCUT2D eigenvalue weighted by molar-refractivity contribution is -0.156. The lowest BCUT2D eigenvalue weighted by Gasteiger charge is -2.18. The number of ether oxygens (including phenoxy) is 3. The Balaban J connectivity index is 3.94. The van der Waals surface area contributed by atoms with Crippen LogP contribution in [0.25, 0.3) is 0 Å². The van der Waals surface area contributed by atoms with E-state index in [-0.39, 0.29) is 12.1 Å². The first kappa shape index (κ1) is 49.8. The highest BCUT2D eigenvalue weighted by atomic mass is 16.6. The summed E-state index contributed by atoms with van der Waals surface area (Å²) in [6, 6.07) is 0. The van der Waals surface area contributed by atoms with Crippen LogP contribution in [0.4, 0.5) is 0 Å². The van der Waals surface area contributed by atoms with E-state index in [4.69, 9.17) is 14.2 Å². The molecule has 0 radical (unpaired) electrons. The van der Waals surface area contributed by atoms with Crippen LogP contribution in [0.15, 0.2) is 24.3 Å². The number of allylic oxidation sites excluding steroid dienone is 4. The average Bonchev–Trinajstić information content (AvgIpc) is 3.12. The van der Waals surface area contributed by atoms with Gasteiger partial charge in [0.15, 0.2) is 0 Å². The highest BCUT2D eigenvalue weighted by molar-refractivity contribution is 5.69. The van der Waals surface area contributed by atoms with Gasteiger partial charge in [-0.1, -0.05) is 154 Å². The number of unbranched alkanes of at least 4 members (excludes halogenated alkanes) is 25. The molecule has 0 aliphatic rings. The van der Waals surface area contributed by atoms with Crippen molar-refractivity contribution in [3.05, 3.63) is 24.3 Å². The average molecular weight is 720 g/mol. The lowest BCUT2D eigenvalue weighted by Crippen LogP contribution is -2.29. The van der Waals surface area contributed by atoms with Crippen molar-refractivity contribution in [2.75, 3.05) is 47.1 Å². The summed E-state index contributed by atoms with van der Waals surface area (Å²) in [5.74, 6) is -0.125. The maximum Gasteiger partial charge on any atom is 0.306 e. The van der Waals surface area contributed by atoms with Gasteiger partial charge in [0.05, 0.1) is 13.2 Å². The quantitative estimate of drug-likeness (QED) is 0.0357. The maximum absolute atomic E-state index is 12.5. The molecule has 0 aliphatic carbocycles. The predicted molar refractivity (Wildman–Crippen MR) is 223 cm³/mol. The lowest BCUT2D eigenvalue weighted by atomic mass is 10.1. The van der Waals surface area contributed by atoms with Gasteiger partial charge < -0.3 is 19.1 Å². The van der Waals surface area contributed by atoms with Gasteiger partial charge >= 0.3 is 5.97 Å². The van der Waals surface area contributed by atoms with Gasteiger partial charge in [0.2, 0.25) is 0 Å². The Kier molecular flexibility index (Phi) is 42.2. The van der Waals surface area contributed by atoms with Crippen molar-refractivity contribution in [2.24, 2.45) is 0 Å². The van der Waals surface area contributed by atoms with Gasteiger partial charge in [-0.05, 0) is 97.7 Å². The van der Waals surface area contributed by atoms with Gasteiger partial charge in [0.25, 0.3) is 0 Å². The van der Waals surface area contributed by atoms with E-state index in [9.17, 15) is 4.79 Å². The Morgan fingerprint density at radius 3 is 1.20 bits per heavy atom. The molecule has 0 amide bonds. The van der Waals surface area contributed by atoms with Crippen LogP contribution in [0, 0.1) is 0 Å². The van der Waals surface area contributed by atoms with Crippen LogP contribution in [-0.4, -0.2) is 64.0 Å². The molecule has 0 aliphatic heterocycles. The van der Waals surface area contributed by atoms with E-state index in [1.807, 2.05) is 0 Å². The number of nitrogens with zero attached hydrogens (tertiary/aromatic N) is 1. The first-order valence-electron chi connectivity index (χ1n) is 22.4. The van der Waals surface area contributed by atoms with Crippen LogP contribution in [-0.2, 0) is 19.0 Å². The zero-order valence-electron chi connectivity index (χ0n) is 34.9. The Labute approximate surface area is 319 Å². The van der Waals surface area contributed by atoms with Crippen molar-refractivity contribution in [1.82, 2.24) is 4.90 Å². The van der Waals surface area contributed by atoms with Gasteiger partial charge in [0, 0.05) is 19.6 Å². The topological polar surface area (TPSA) is 48.0 Å². The van der Waals surface area contributed by atoms with Crippen LogP contribution < -0.4 is 0 Å². The molecule has 0 spiro atoms. The third-order valence-electron chi connectivity index (χ3n) is 9.74. The smallest absolute Gasteiger partial charge is 0.306 e. The Hall–Kier alpha value is -1.17. The molecule has 0 rings (SSSR count). The fourth-order valence-corrected chi connectivity index (χ4v) is 6.39. The van der Waals surface area contributed by atoms with E-state index in [0.29, 0.717) is 19.6 Å². The minimum absolute atomic E-state index is 0.125. The van der Waals surface area contributed by atoms with E-state index in [1.165, 1.54) is 167 Å². The molecule has 0 atom stereocenters. The zero-order valence-corrected chi connectivity index (χ0v) is 34.9. The molecular formula is C46H89NO4. The van der Waals surface area contributed by atoms with Crippen LogP contribution in [0.1, 0.15) is 213 Å². The molecule has 0 saturated heterocycles. The molecule has 0 aromatic heterocycles. The third-order valence-corrected chi connectivity index (χ3v) is 9.74. The maximum atomic E-state index is 12.5. The Morgan fingerprint density at radius 1 is 0.471 bits per heavy atom. The highest BCUT2D eigenvalue weighted by Gasteiger charge is 2.15. The molecule has 5 heteroatoms. The van der Waals surface area contributed by atoms with Gasteiger partial charge in [0.1, 0.15) is 6.10 Å². The van der Waals surface area contributed by atoms with Crippen molar-refractivity contribution < 1.29 is 19.0 Å². The molecule has 0 fully saturated rings. The minimum Gasteiger partial charge on any atom is -0.457 e. The summed E-state index contributed by atoms with van der Waals surface area (Å²) in [6.07, 6.45) is 48.2. The molecule has 0 bridgehead atoms. The summed E-state index contributed by atoms with van der Waals surface area (Å²) in [6.45, 7) is 7.88. The summed E-state index contributed by atoms with van der Waals surface area (Å²) in [5, 5.41) is 0. The molecule has 5 nitrogen and oxygen atoms in total. The number of esters is 1. The van der Waals surface area contributed by atoms with E-state index in [0.717, 1.165) is 45.4 Å². The van der Waals surface area contributed by atoms with Crippen LogP contribution in [0.2, 0.25) is 0 Å². The van der Waals surface area contributed by atoms with Crippen molar-refractivity contribution in [1.29, 1.82) is 0 Å². The molecule has 0 aromatic carbocycles. The van der Waals surface area contributed by atoms with E-state index < -0.39 is 0 Å². The normalized spacial score (nSPS) is 12.6. The van der Waals surface area contributed by atoms with Crippen molar-refractivity contribution in [3.63, 3.8) is 0 Å². The SMILES string of the molecule is CCCCCCCCC=CCCCCCCCCOCC(COCCCCCCCCC=CCCCCCCCC)OC(=O)CCCCN(C)C. The second-order valence-corrected chi connectivity index (χ2v) is 15.4. The van der Waals surface area contributed by atoms with Crippen molar-refractivity contribution >= 4 is 5.97 Å². The first-order chi connectivity index (χ1) is 25.1. The molecule has 0 N–H and O–H groups in total. The monoisotopic (exact) mass is 720 g/mol. The second-order valence-electron chi connectivity index (χ2n) is 15.4. The van der Waals surface area contributed by atoms with E-state index >= 15 is 0 Å². The zero-order chi connectivity index (χ0) is 37.1. The fourth-order valence-electron chi connectivity index (χ4n) is 6.39. The fraction of sp³-hybridized carbons (Fsp3) is 0.891. The summed E-state index contributed by atoms with van der Waals surface area (Å²) >= 11 is 0. The van der Waals surface area contributed by atoms with Crippen LogP contribution in [0.3, 0.4) is 0 Å². The highest BCUT2D eigenvalue weighted by Crippen LogP contribution is 2.12. The second kappa shape index (κ2) is 43.2. The van der Waals surface area contributed by atoms with Crippen LogP contribution in [0.5, 0.6) is 0 Å². The van der Waals surface area contributed by atoms with Crippen molar-refractivity contribution in [2.45, 2.75) is 219 Å². The van der Waals surface area contributed by atoms with Crippen molar-refractivity contribution in [3.8, 4) is 0 Å². The number of carbonyl (C=O) groups is 1. The standard InChI is InChI=1S/C46H89NO4/c1-5-7-9-11-13-15-17-19-21-23-25-27-29-31-33-37-41-49-43-45(51-46(48)39-35-36-40-47(3)4)44-50-42-38-34-32-30-28-26-24-22-20-18-16-14-12-10-8-6-2/h19-22,45H,5-18,23-44H2,1-4H3. The van der Waals surface area contributed by atoms with Crippen LogP contribution >= 0.6 is 0 Å². The van der Waals surface area contributed by atoms with E-state index in [2.05, 4.69) is 57.1 Å². The molecule has 0 saturated carbocycles. The Morgan fingerprint density at radius 2 is 0.824 bits per heavy atom. The predicted octanol–water partition coefficient (Wildman–Crippen LogP) is 13.7. The number of hydrogen-bond acceptors (Lipinski definition) is 5. The van der Waals surface area contributed by atoms with Gasteiger partial charge in [-0.3, -0.25) is 4.79 Å². The number of carbonyl (C=O) groups excluding carboxylic acids is 1. The molecule has 0 unspecified atom stereocenters.